The van der Waals surface area contributed by atoms with Gasteiger partial charge in [0.05, 0.1) is 0 Å². The van der Waals surface area contributed by atoms with Crippen molar-refractivity contribution >= 4 is 0 Å². The minimum absolute atomic E-state index is 0.0659. The van der Waals surface area contributed by atoms with Gasteiger partial charge in [0.25, 0.3) is 0 Å². The van der Waals surface area contributed by atoms with Gasteiger partial charge in [0.15, 0.2) is 0 Å². The monoisotopic (exact) mass is 237 g/mol. The largest absolute Gasteiger partial charge is 0.508 e. The van der Waals surface area contributed by atoms with Crippen LogP contribution >= 0.6 is 0 Å². The van der Waals surface area contributed by atoms with Crippen molar-refractivity contribution in [1.29, 1.82) is 0 Å². The first-order valence-corrected chi connectivity index (χ1v) is 6.30. The van der Waals surface area contributed by atoms with E-state index in [2.05, 4.69) is 18.7 Å². The minimum Gasteiger partial charge on any atom is -0.508 e. The van der Waals surface area contributed by atoms with Crippen LogP contribution in [0.25, 0.3) is 0 Å². The molecule has 0 saturated carbocycles. The first kappa shape index (κ1) is 12.4. The van der Waals surface area contributed by atoms with E-state index in [4.69, 9.17) is 0 Å². The molecule has 0 spiro atoms. The highest BCUT2D eigenvalue weighted by Gasteiger charge is 2.23. The van der Waals surface area contributed by atoms with Crippen LogP contribution in [-0.2, 0) is 0 Å². The van der Waals surface area contributed by atoms with E-state index in [1.165, 1.54) is 25.0 Å². The van der Waals surface area contributed by atoms with Crippen LogP contribution in [0.15, 0.2) is 18.2 Å². The molecule has 1 saturated heterocycles. The molecule has 94 valence electrons. The molecule has 0 amide bonds. The fourth-order valence-corrected chi connectivity index (χ4v) is 2.48. The molecule has 1 aromatic rings. The third kappa shape index (κ3) is 2.78. The third-order valence-electron chi connectivity index (χ3n) is 3.81. The number of hydrogen-bond acceptors (Lipinski definition) is 2. The Labute approximate surface area is 102 Å². The van der Waals surface area contributed by atoms with Gasteiger partial charge >= 0.3 is 0 Å². The van der Waals surface area contributed by atoms with Gasteiger partial charge in [-0.2, -0.15) is 0 Å². The van der Waals surface area contributed by atoms with E-state index in [1.807, 2.05) is 0 Å². The van der Waals surface area contributed by atoms with Crippen LogP contribution < -0.4 is 0 Å². The Hall–Kier alpha value is -1.09. The lowest BCUT2D eigenvalue weighted by Crippen LogP contribution is -2.35. The van der Waals surface area contributed by atoms with Crippen LogP contribution in [0.5, 0.6) is 5.75 Å². The summed E-state index contributed by atoms with van der Waals surface area (Å²) in [7, 11) is 0. The molecule has 17 heavy (non-hydrogen) atoms. The highest BCUT2D eigenvalue weighted by molar-refractivity contribution is 5.35. The SMILES string of the molecule is CC1CCN(C(C)c2ccc(F)cc2O)CC1. The maximum absolute atomic E-state index is 12.9. The molecule has 1 aliphatic heterocycles. The lowest BCUT2D eigenvalue weighted by atomic mass is 9.96. The van der Waals surface area contributed by atoms with Crippen molar-refractivity contribution in [2.24, 2.45) is 5.92 Å². The second kappa shape index (κ2) is 5.05. The zero-order chi connectivity index (χ0) is 12.4. The van der Waals surface area contributed by atoms with Crippen LogP contribution in [-0.4, -0.2) is 23.1 Å². The van der Waals surface area contributed by atoms with Crippen molar-refractivity contribution in [1.82, 2.24) is 4.90 Å². The van der Waals surface area contributed by atoms with Crippen molar-refractivity contribution in [3.63, 3.8) is 0 Å². The fraction of sp³-hybridized carbons (Fsp3) is 0.571. The van der Waals surface area contributed by atoms with Gasteiger partial charge in [-0.05, 0) is 44.8 Å². The van der Waals surface area contributed by atoms with E-state index in [9.17, 15) is 9.50 Å². The Morgan fingerprint density at radius 3 is 2.59 bits per heavy atom. The predicted octanol–water partition coefficient (Wildman–Crippen LogP) is 3.32. The summed E-state index contributed by atoms with van der Waals surface area (Å²) in [6.45, 7) is 6.46. The van der Waals surface area contributed by atoms with E-state index >= 15 is 0 Å². The maximum atomic E-state index is 12.9. The van der Waals surface area contributed by atoms with Gasteiger partial charge < -0.3 is 5.11 Å². The van der Waals surface area contributed by atoms with Crippen LogP contribution in [0, 0.1) is 11.7 Å². The molecular formula is C14H20FNO. The fourth-order valence-electron chi connectivity index (χ4n) is 2.48. The van der Waals surface area contributed by atoms with Crippen molar-refractivity contribution in [2.45, 2.75) is 32.7 Å². The number of halogens is 1. The Bertz CT molecular complexity index is 386. The number of piperidine rings is 1. The van der Waals surface area contributed by atoms with Crippen molar-refractivity contribution in [3.05, 3.63) is 29.6 Å². The normalized spacial score (nSPS) is 20.4. The predicted molar refractivity (Wildman–Crippen MR) is 66.5 cm³/mol. The first-order chi connectivity index (χ1) is 8.08. The van der Waals surface area contributed by atoms with Gasteiger partial charge in [-0.1, -0.05) is 13.0 Å². The third-order valence-corrected chi connectivity index (χ3v) is 3.81. The zero-order valence-corrected chi connectivity index (χ0v) is 10.5. The molecule has 3 heteroatoms. The lowest BCUT2D eigenvalue weighted by molar-refractivity contribution is 0.145. The van der Waals surface area contributed by atoms with Gasteiger partial charge in [-0.25, -0.2) is 4.39 Å². The van der Waals surface area contributed by atoms with Crippen molar-refractivity contribution < 1.29 is 9.50 Å². The molecule has 1 atom stereocenters. The Kier molecular flexibility index (Phi) is 3.67. The van der Waals surface area contributed by atoms with E-state index in [0.29, 0.717) is 0 Å². The quantitative estimate of drug-likeness (QED) is 0.853. The molecule has 1 N–H and O–H groups in total. The highest BCUT2D eigenvalue weighted by Crippen LogP contribution is 2.31. The van der Waals surface area contributed by atoms with Crippen molar-refractivity contribution in [3.8, 4) is 5.75 Å². The number of phenols is 1. The number of benzene rings is 1. The summed E-state index contributed by atoms with van der Waals surface area (Å²) in [4.78, 5) is 2.35. The van der Waals surface area contributed by atoms with Gasteiger partial charge in [-0.3, -0.25) is 4.90 Å². The first-order valence-electron chi connectivity index (χ1n) is 6.30. The number of aromatic hydroxyl groups is 1. The average Bonchev–Trinajstić information content (AvgIpc) is 2.29. The zero-order valence-electron chi connectivity index (χ0n) is 10.5. The van der Waals surface area contributed by atoms with Crippen LogP contribution in [0.2, 0.25) is 0 Å². The summed E-state index contributed by atoms with van der Waals surface area (Å²) in [5.74, 6) is 0.474. The van der Waals surface area contributed by atoms with E-state index in [0.717, 1.165) is 24.6 Å². The molecule has 2 rings (SSSR count). The summed E-state index contributed by atoms with van der Waals surface area (Å²) in [6, 6.07) is 4.45. The molecule has 1 aromatic carbocycles. The van der Waals surface area contributed by atoms with Crippen molar-refractivity contribution in [2.75, 3.05) is 13.1 Å². The smallest absolute Gasteiger partial charge is 0.126 e. The number of phenolic OH excluding ortho intramolecular Hbond substituents is 1. The minimum atomic E-state index is -0.384. The summed E-state index contributed by atoms with van der Waals surface area (Å²) in [5, 5.41) is 9.78. The molecule has 0 aromatic heterocycles. The Morgan fingerprint density at radius 2 is 2.00 bits per heavy atom. The highest BCUT2D eigenvalue weighted by atomic mass is 19.1. The summed E-state index contributed by atoms with van der Waals surface area (Å²) in [6.07, 6.45) is 2.40. The van der Waals surface area contributed by atoms with E-state index < -0.39 is 0 Å². The second-order valence-electron chi connectivity index (χ2n) is 5.10. The standard InChI is InChI=1S/C14H20FNO/c1-10-5-7-16(8-6-10)11(2)13-4-3-12(15)9-14(13)17/h3-4,9-11,17H,5-8H2,1-2H3. The number of hydrogen-bond donors (Lipinski definition) is 1. The average molecular weight is 237 g/mol. The summed E-state index contributed by atoms with van der Waals surface area (Å²) in [5.41, 5.74) is 0.820. The van der Waals surface area contributed by atoms with Gasteiger partial charge in [0.2, 0.25) is 0 Å². The Morgan fingerprint density at radius 1 is 1.35 bits per heavy atom. The second-order valence-corrected chi connectivity index (χ2v) is 5.10. The van der Waals surface area contributed by atoms with Gasteiger partial charge in [0, 0.05) is 17.7 Å². The molecular weight excluding hydrogens is 217 g/mol. The molecule has 1 heterocycles. The van der Waals surface area contributed by atoms with E-state index in [-0.39, 0.29) is 17.6 Å². The van der Waals surface area contributed by atoms with Crippen LogP contribution in [0.3, 0.4) is 0 Å². The topological polar surface area (TPSA) is 23.5 Å². The van der Waals surface area contributed by atoms with E-state index in [1.54, 1.807) is 6.07 Å². The van der Waals surface area contributed by atoms with Crippen LogP contribution in [0.1, 0.15) is 38.3 Å². The summed E-state index contributed by atoms with van der Waals surface area (Å²) >= 11 is 0. The molecule has 1 fully saturated rings. The number of rotatable bonds is 2. The van der Waals surface area contributed by atoms with Gasteiger partial charge in [0.1, 0.15) is 11.6 Å². The van der Waals surface area contributed by atoms with Crippen LogP contribution in [0.4, 0.5) is 4.39 Å². The molecule has 1 unspecified atom stereocenters. The van der Waals surface area contributed by atoms with Gasteiger partial charge in [-0.15, -0.1) is 0 Å². The lowest BCUT2D eigenvalue weighted by Gasteiger charge is -2.35. The molecule has 0 bridgehead atoms. The molecule has 0 radical (unpaired) electrons. The molecule has 1 aliphatic rings. The number of nitrogens with zero attached hydrogens (tertiary/aromatic N) is 1. The molecule has 2 nitrogen and oxygen atoms in total. The summed E-state index contributed by atoms with van der Waals surface area (Å²) < 4.78 is 12.9. The number of likely N-dealkylation sites (tertiary alicyclic amines) is 1. The maximum Gasteiger partial charge on any atom is 0.126 e. The Balaban J connectivity index is 2.11. The molecule has 0 aliphatic carbocycles.